The molecule has 0 radical (unpaired) electrons. The van der Waals surface area contributed by atoms with Crippen molar-refractivity contribution in [1.29, 1.82) is 0 Å². The van der Waals surface area contributed by atoms with Gasteiger partial charge in [0, 0.05) is 6.04 Å². The fraction of sp³-hybridized carbons (Fsp3) is 0.600. The molecule has 0 unspecified atom stereocenters. The Balaban J connectivity index is 2.19. The highest BCUT2D eigenvalue weighted by molar-refractivity contribution is 14.1. The van der Waals surface area contributed by atoms with E-state index in [0.29, 0.717) is 11.2 Å². The molecule has 0 aromatic carbocycles. The number of nitrogens with zero attached hydrogens (tertiary/aromatic N) is 2. The fourth-order valence-corrected chi connectivity index (χ4v) is 2.49. The molecule has 1 aliphatic rings. The highest BCUT2D eigenvalue weighted by Crippen LogP contribution is 2.27. The molecule has 1 N–H and O–H groups in total. The molecule has 1 saturated carbocycles. The Morgan fingerprint density at radius 2 is 2.00 bits per heavy atom. The van der Waals surface area contributed by atoms with E-state index >= 15 is 0 Å². The van der Waals surface area contributed by atoms with Gasteiger partial charge in [0.05, 0.1) is 3.57 Å². The zero-order valence-electron chi connectivity index (χ0n) is 8.56. The first-order valence-electron chi connectivity index (χ1n) is 5.13. The van der Waals surface area contributed by atoms with Crippen LogP contribution < -0.4 is 5.32 Å². The Hall–Kier alpha value is -0.100. The third-order valence-electron chi connectivity index (χ3n) is 2.62. The van der Waals surface area contributed by atoms with Crippen molar-refractivity contribution in [1.82, 2.24) is 9.97 Å². The van der Waals surface area contributed by atoms with Crippen molar-refractivity contribution in [3.63, 3.8) is 0 Å². The van der Waals surface area contributed by atoms with Crippen LogP contribution in [0.15, 0.2) is 0 Å². The third kappa shape index (κ3) is 2.72. The molecule has 1 aromatic heterocycles. The Bertz CT molecular complexity index is 364. The second kappa shape index (κ2) is 4.82. The van der Waals surface area contributed by atoms with Crippen LogP contribution in [0.25, 0.3) is 0 Å². The van der Waals surface area contributed by atoms with Crippen LogP contribution in [0.5, 0.6) is 0 Å². The molecule has 1 fully saturated rings. The van der Waals surface area contributed by atoms with Gasteiger partial charge in [0.25, 0.3) is 0 Å². The molecule has 5 heteroatoms. The highest BCUT2D eigenvalue weighted by Gasteiger charge is 2.17. The van der Waals surface area contributed by atoms with Crippen LogP contribution in [0.3, 0.4) is 0 Å². The second-order valence-corrected chi connectivity index (χ2v) is 5.29. The summed E-state index contributed by atoms with van der Waals surface area (Å²) in [5.74, 6) is 1.61. The lowest BCUT2D eigenvalue weighted by atomic mass is 10.2. The molecule has 0 aliphatic heterocycles. The molecule has 0 atom stereocenters. The largest absolute Gasteiger partial charge is 0.366 e. The minimum Gasteiger partial charge on any atom is -0.366 e. The van der Waals surface area contributed by atoms with E-state index in [1.54, 1.807) is 0 Å². The molecule has 0 spiro atoms. The van der Waals surface area contributed by atoms with E-state index in [0.717, 1.165) is 15.2 Å². The molecule has 0 amide bonds. The number of hydrogen-bond donors (Lipinski definition) is 1. The smallest absolute Gasteiger partial charge is 0.148 e. The maximum absolute atomic E-state index is 6.01. The monoisotopic (exact) mass is 337 g/mol. The van der Waals surface area contributed by atoms with E-state index < -0.39 is 0 Å². The fourth-order valence-electron chi connectivity index (χ4n) is 1.88. The number of anilines is 1. The van der Waals surface area contributed by atoms with Crippen molar-refractivity contribution in [2.75, 3.05) is 5.32 Å². The van der Waals surface area contributed by atoms with E-state index in [1.807, 2.05) is 6.92 Å². The van der Waals surface area contributed by atoms with Crippen LogP contribution in [0, 0.1) is 10.5 Å². The topological polar surface area (TPSA) is 37.8 Å². The predicted octanol–water partition coefficient (Wildman–Crippen LogP) is 3.40. The van der Waals surface area contributed by atoms with E-state index in [4.69, 9.17) is 11.6 Å². The molecule has 1 aliphatic carbocycles. The zero-order valence-corrected chi connectivity index (χ0v) is 11.5. The minimum absolute atomic E-state index is 0.545. The van der Waals surface area contributed by atoms with Crippen molar-refractivity contribution in [3.8, 4) is 0 Å². The van der Waals surface area contributed by atoms with Gasteiger partial charge in [-0.05, 0) is 42.4 Å². The number of hydrogen-bond acceptors (Lipinski definition) is 3. The Morgan fingerprint density at radius 3 is 2.67 bits per heavy atom. The Labute approximate surface area is 108 Å². The van der Waals surface area contributed by atoms with Crippen molar-refractivity contribution < 1.29 is 0 Å². The van der Waals surface area contributed by atoms with E-state index in [1.165, 1.54) is 25.7 Å². The second-order valence-electron chi connectivity index (χ2n) is 3.85. The van der Waals surface area contributed by atoms with Gasteiger partial charge in [-0.2, -0.15) is 0 Å². The average Bonchev–Trinajstić information content (AvgIpc) is 2.66. The van der Waals surface area contributed by atoms with Gasteiger partial charge in [0.1, 0.15) is 16.8 Å². The van der Waals surface area contributed by atoms with Gasteiger partial charge in [0.15, 0.2) is 0 Å². The summed E-state index contributed by atoms with van der Waals surface area (Å²) in [6.45, 7) is 1.86. The Morgan fingerprint density at radius 1 is 1.33 bits per heavy atom. The van der Waals surface area contributed by atoms with Gasteiger partial charge in [-0.25, -0.2) is 9.97 Å². The first-order chi connectivity index (χ1) is 7.16. The van der Waals surface area contributed by atoms with Gasteiger partial charge in [-0.3, -0.25) is 0 Å². The van der Waals surface area contributed by atoms with Crippen molar-refractivity contribution in [2.45, 2.75) is 38.6 Å². The van der Waals surface area contributed by atoms with Crippen molar-refractivity contribution in [3.05, 3.63) is 14.5 Å². The molecule has 2 rings (SSSR count). The lowest BCUT2D eigenvalue weighted by molar-refractivity contribution is 0.747. The summed E-state index contributed by atoms with van der Waals surface area (Å²) >= 11 is 8.19. The Kier molecular flexibility index (Phi) is 3.66. The minimum atomic E-state index is 0.545. The van der Waals surface area contributed by atoms with Gasteiger partial charge < -0.3 is 5.32 Å². The lowest BCUT2D eigenvalue weighted by Gasteiger charge is -2.14. The summed E-state index contributed by atoms with van der Waals surface area (Å²) in [4.78, 5) is 8.50. The summed E-state index contributed by atoms with van der Waals surface area (Å²) in [5.41, 5.74) is 0. The number of halogens is 2. The van der Waals surface area contributed by atoms with Crippen LogP contribution in [0.1, 0.15) is 31.5 Å². The van der Waals surface area contributed by atoms with Crippen LogP contribution >= 0.6 is 34.2 Å². The van der Waals surface area contributed by atoms with E-state index in [2.05, 4.69) is 37.9 Å². The maximum Gasteiger partial charge on any atom is 0.148 e. The molecule has 1 aromatic rings. The standard InChI is InChI=1S/C10H13ClIN3/c1-6-13-9(11)8(12)10(14-6)15-7-4-2-3-5-7/h7H,2-5H2,1H3,(H,13,14,15). The maximum atomic E-state index is 6.01. The van der Waals surface area contributed by atoms with E-state index in [-0.39, 0.29) is 0 Å². The van der Waals surface area contributed by atoms with Gasteiger partial charge in [-0.1, -0.05) is 24.4 Å². The SMILES string of the molecule is Cc1nc(Cl)c(I)c(NC2CCCC2)n1. The molecule has 0 saturated heterocycles. The molecule has 82 valence electrons. The van der Waals surface area contributed by atoms with Gasteiger partial charge >= 0.3 is 0 Å². The van der Waals surface area contributed by atoms with Crippen LogP contribution in [0.4, 0.5) is 5.82 Å². The first kappa shape index (κ1) is 11.4. The van der Waals surface area contributed by atoms with Crippen molar-refractivity contribution in [2.24, 2.45) is 0 Å². The quantitative estimate of drug-likeness (QED) is 0.664. The van der Waals surface area contributed by atoms with Crippen molar-refractivity contribution >= 4 is 40.0 Å². The number of rotatable bonds is 2. The predicted molar refractivity (Wildman–Crippen MR) is 70.4 cm³/mol. The molecule has 0 bridgehead atoms. The first-order valence-corrected chi connectivity index (χ1v) is 6.58. The summed E-state index contributed by atoms with van der Waals surface area (Å²) < 4.78 is 0.923. The normalized spacial score (nSPS) is 17.0. The van der Waals surface area contributed by atoms with Crippen LogP contribution in [0.2, 0.25) is 5.15 Å². The molecular weight excluding hydrogens is 324 g/mol. The summed E-state index contributed by atoms with van der Waals surface area (Å²) in [6, 6.07) is 0.559. The van der Waals surface area contributed by atoms with E-state index in [9.17, 15) is 0 Å². The lowest BCUT2D eigenvalue weighted by Crippen LogP contribution is -2.17. The number of aromatic nitrogens is 2. The molecule has 1 heterocycles. The summed E-state index contributed by atoms with van der Waals surface area (Å²) in [5, 5.41) is 3.99. The summed E-state index contributed by atoms with van der Waals surface area (Å²) in [6.07, 6.45) is 5.09. The highest BCUT2D eigenvalue weighted by atomic mass is 127. The number of nitrogens with one attached hydrogen (secondary N) is 1. The van der Waals surface area contributed by atoms with Crippen LogP contribution in [-0.4, -0.2) is 16.0 Å². The molecule has 15 heavy (non-hydrogen) atoms. The number of aryl methyl sites for hydroxylation is 1. The van der Waals surface area contributed by atoms with Crippen LogP contribution in [-0.2, 0) is 0 Å². The average molecular weight is 338 g/mol. The van der Waals surface area contributed by atoms with Gasteiger partial charge in [0.2, 0.25) is 0 Å². The zero-order chi connectivity index (χ0) is 10.8. The van der Waals surface area contributed by atoms with Gasteiger partial charge in [-0.15, -0.1) is 0 Å². The molecule has 3 nitrogen and oxygen atoms in total. The summed E-state index contributed by atoms with van der Waals surface area (Å²) in [7, 11) is 0. The molecular formula is C10H13ClIN3. The third-order valence-corrected chi connectivity index (χ3v) is 4.23.